The minimum Gasteiger partial charge on any atom is -0.478 e. The number of carbonyl (C=O) groups is 1. The first kappa shape index (κ1) is 14.3. The van der Waals surface area contributed by atoms with Crippen molar-refractivity contribution >= 4 is 17.7 Å². The summed E-state index contributed by atoms with van der Waals surface area (Å²) in [5.74, 6) is -3.49. The van der Waals surface area contributed by atoms with Crippen molar-refractivity contribution in [3.8, 4) is 5.69 Å². The highest BCUT2D eigenvalue weighted by atomic mass is 19.1. The highest BCUT2D eigenvalue weighted by Gasteiger charge is 2.19. The monoisotopic (exact) mass is 295 g/mol. The Labute approximate surface area is 115 Å². The first-order valence-corrected chi connectivity index (χ1v) is 5.48. The van der Waals surface area contributed by atoms with E-state index < -0.39 is 33.9 Å². The average Bonchev–Trinajstić information content (AvgIpc) is 2.84. The van der Waals surface area contributed by atoms with Crippen molar-refractivity contribution in [2.24, 2.45) is 0 Å². The number of nitro groups is 1. The first-order chi connectivity index (χ1) is 9.88. The van der Waals surface area contributed by atoms with E-state index in [0.29, 0.717) is 17.7 Å². The van der Waals surface area contributed by atoms with Gasteiger partial charge in [0.25, 0.3) is 5.69 Å². The molecule has 7 nitrogen and oxygen atoms in total. The van der Waals surface area contributed by atoms with Gasteiger partial charge in [-0.15, -0.1) is 0 Å². The standard InChI is InChI=1S/C12H7F2N3O4/c13-9-3-8(17(20)21)4-10(14)12(9)16-6-7(5-15-16)1-2-11(18)19/h1-6H,(H,18,19)/b2-1+. The van der Waals surface area contributed by atoms with Crippen LogP contribution in [0.2, 0.25) is 0 Å². The van der Waals surface area contributed by atoms with Crippen molar-refractivity contribution in [2.75, 3.05) is 0 Å². The number of non-ortho nitro benzene ring substituents is 1. The summed E-state index contributed by atoms with van der Waals surface area (Å²) in [4.78, 5) is 19.9. The molecule has 21 heavy (non-hydrogen) atoms. The highest BCUT2D eigenvalue weighted by Crippen LogP contribution is 2.23. The van der Waals surface area contributed by atoms with E-state index in [-0.39, 0.29) is 0 Å². The summed E-state index contributed by atoms with van der Waals surface area (Å²) in [5, 5.41) is 22.6. The van der Waals surface area contributed by atoms with E-state index in [2.05, 4.69) is 5.10 Å². The lowest BCUT2D eigenvalue weighted by atomic mass is 10.2. The first-order valence-electron chi connectivity index (χ1n) is 5.48. The third kappa shape index (κ3) is 3.08. The zero-order chi connectivity index (χ0) is 15.6. The van der Waals surface area contributed by atoms with Crippen LogP contribution in [0.1, 0.15) is 5.56 Å². The average molecular weight is 295 g/mol. The van der Waals surface area contributed by atoms with Gasteiger partial charge in [0, 0.05) is 17.8 Å². The van der Waals surface area contributed by atoms with Crippen LogP contribution in [-0.4, -0.2) is 25.8 Å². The molecule has 1 heterocycles. The number of carboxylic acid groups (broad SMARTS) is 1. The third-order valence-corrected chi connectivity index (χ3v) is 2.46. The second-order valence-corrected chi connectivity index (χ2v) is 3.90. The number of benzene rings is 1. The lowest BCUT2D eigenvalue weighted by Gasteiger charge is -2.04. The molecule has 0 aliphatic rings. The number of aromatic nitrogens is 2. The molecule has 0 unspecified atom stereocenters. The fourth-order valence-corrected chi connectivity index (χ4v) is 1.59. The summed E-state index contributed by atoms with van der Waals surface area (Å²) in [5.41, 5.74) is -1.00. The highest BCUT2D eigenvalue weighted by molar-refractivity contribution is 5.85. The van der Waals surface area contributed by atoms with Gasteiger partial charge >= 0.3 is 5.97 Å². The number of nitrogens with zero attached hydrogens (tertiary/aromatic N) is 3. The van der Waals surface area contributed by atoms with E-state index in [4.69, 9.17) is 5.11 Å². The number of rotatable bonds is 4. The van der Waals surface area contributed by atoms with Crippen LogP contribution >= 0.6 is 0 Å². The van der Waals surface area contributed by atoms with Gasteiger partial charge in [0.2, 0.25) is 0 Å². The van der Waals surface area contributed by atoms with Gasteiger partial charge in [-0.2, -0.15) is 5.10 Å². The van der Waals surface area contributed by atoms with E-state index in [1.165, 1.54) is 18.5 Å². The molecule has 0 bridgehead atoms. The molecule has 1 aromatic heterocycles. The summed E-state index contributed by atoms with van der Waals surface area (Å²) in [7, 11) is 0. The molecule has 0 aliphatic heterocycles. The number of carboxylic acids is 1. The van der Waals surface area contributed by atoms with Crippen molar-refractivity contribution < 1.29 is 23.6 Å². The molecule has 2 aromatic rings. The molecule has 0 amide bonds. The molecule has 2 rings (SSSR count). The van der Waals surface area contributed by atoms with Gasteiger partial charge in [-0.1, -0.05) is 0 Å². The summed E-state index contributed by atoms with van der Waals surface area (Å²) in [6, 6.07) is 1.15. The van der Waals surface area contributed by atoms with Crippen molar-refractivity contribution in [1.29, 1.82) is 0 Å². The van der Waals surface area contributed by atoms with Gasteiger partial charge in [-0.25, -0.2) is 18.3 Å². The molecule has 0 radical (unpaired) electrons. The zero-order valence-electron chi connectivity index (χ0n) is 10.2. The van der Waals surface area contributed by atoms with Gasteiger partial charge in [0.15, 0.2) is 11.6 Å². The van der Waals surface area contributed by atoms with Crippen LogP contribution in [0.3, 0.4) is 0 Å². The van der Waals surface area contributed by atoms with Crippen molar-refractivity contribution in [2.45, 2.75) is 0 Å². The van der Waals surface area contributed by atoms with Crippen LogP contribution in [0.4, 0.5) is 14.5 Å². The number of hydrogen-bond acceptors (Lipinski definition) is 4. The van der Waals surface area contributed by atoms with Gasteiger partial charge in [-0.05, 0) is 6.08 Å². The van der Waals surface area contributed by atoms with Crippen LogP contribution in [0, 0.1) is 21.7 Å². The summed E-state index contributed by atoms with van der Waals surface area (Å²) in [6.45, 7) is 0. The third-order valence-electron chi connectivity index (χ3n) is 2.46. The Hall–Kier alpha value is -3.10. The predicted octanol–water partition coefficient (Wildman–Crippen LogP) is 2.16. The van der Waals surface area contributed by atoms with E-state index in [1.54, 1.807) is 0 Å². The van der Waals surface area contributed by atoms with Crippen LogP contribution in [0.15, 0.2) is 30.6 Å². The molecule has 0 fully saturated rings. The zero-order valence-corrected chi connectivity index (χ0v) is 10.2. The number of halogens is 2. The molecule has 0 saturated heterocycles. The molecule has 1 aromatic carbocycles. The Bertz CT molecular complexity index is 732. The van der Waals surface area contributed by atoms with Gasteiger partial charge in [0.05, 0.1) is 23.3 Å². The fourth-order valence-electron chi connectivity index (χ4n) is 1.59. The Morgan fingerprint density at radius 3 is 2.52 bits per heavy atom. The Kier molecular flexibility index (Phi) is 3.74. The Morgan fingerprint density at radius 2 is 2.00 bits per heavy atom. The van der Waals surface area contributed by atoms with Crippen LogP contribution in [0.25, 0.3) is 11.8 Å². The SMILES string of the molecule is O=C(O)/C=C/c1cnn(-c2c(F)cc([N+](=O)[O-])cc2F)c1. The maximum Gasteiger partial charge on any atom is 0.328 e. The molecule has 0 spiro atoms. The minimum atomic E-state index is -1.18. The van der Waals surface area contributed by atoms with E-state index in [9.17, 15) is 23.7 Å². The summed E-state index contributed by atoms with van der Waals surface area (Å²) in [6.07, 6.45) is 4.41. The topological polar surface area (TPSA) is 98.3 Å². The molecule has 0 atom stereocenters. The van der Waals surface area contributed by atoms with Crippen LogP contribution in [-0.2, 0) is 4.79 Å². The van der Waals surface area contributed by atoms with Crippen molar-refractivity contribution in [3.05, 3.63) is 57.9 Å². The summed E-state index contributed by atoms with van der Waals surface area (Å²) >= 11 is 0. The molecule has 108 valence electrons. The summed E-state index contributed by atoms with van der Waals surface area (Å²) < 4.78 is 28.4. The van der Waals surface area contributed by atoms with Crippen molar-refractivity contribution in [3.63, 3.8) is 0 Å². The smallest absolute Gasteiger partial charge is 0.328 e. The lowest BCUT2D eigenvalue weighted by molar-refractivity contribution is -0.385. The largest absolute Gasteiger partial charge is 0.478 e. The van der Waals surface area contributed by atoms with E-state index in [1.807, 2.05) is 0 Å². The van der Waals surface area contributed by atoms with Gasteiger partial charge in [-0.3, -0.25) is 10.1 Å². The molecule has 0 aliphatic carbocycles. The molecule has 0 saturated carbocycles. The van der Waals surface area contributed by atoms with Crippen molar-refractivity contribution in [1.82, 2.24) is 9.78 Å². The number of nitro benzene ring substituents is 1. The maximum atomic E-state index is 13.8. The molecular weight excluding hydrogens is 288 g/mol. The lowest BCUT2D eigenvalue weighted by Crippen LogP contribution is -2.03. The Balaban J connectivity index is 2.43. The number of aliphatic carboxylic acids is 1. The molecular formula is C12H7F2N3O4. The molecule has 1 N–H and O–H groups in total. The maximum absolute atomic E-state index is 13.8. The Morgan fingerprint density at radius 1 is 1.38 bits per heavy atom. The number of hydrogen-bond donors (Lipinski definition) is 1. The predicted molar refractivity (Wildman–Crippen MR) is 66.8 cm³/mol. The minimum absolute atomic E-state index is 0.301. The fraction of sp³-hybridized carbons (Fsp3) is 0. The van der Waals surface area contributed by atoms with Gasteiger partial charge in [0.1, 0.15) is 5.69 Å². The van der Waals surface area contributed by atoms with Crippen LogP contribution < -0.4 is 0 Å². The van der Waals surface area contributed by atoms with E-state index >= 15 is 0 Å². The second-order valence-electron chi connectivity index (χ2n) is 3.90. The van der Waals surface area contributed by atoms with Crippen LogP contribution in [0.5, 0.6) is 0 Å². The van der Waals surface area contributed by atoms with E-state index in [0.717, 1.165) is 10.8 Å². The normalized spacial score (nSPS) is 11.0. The quantitative estimate of drug-likeness (QED) is 0.529. The molecule has 9 heteroatoms. The second kappa shape index (κ2) is 5.49. The van der Waals surface area contributed by atoms with Gasteiger partial charge < -0.3 is 5.11 Å².